The van der Waals surface area contributed by atoms with Gasteiger partial charge in [-0.05, 0) is 51.5 Å². The van der Waals surface area contributed by atoms with E-state index in [9.17, 15) is 4.39 Å². The molecule has 0 aliphatic carbocycles. The average molecular weight is 414 g/mol. The summed E-state index contributed by atoms with van der Waals surface area (Å²) in [6, 6.07) is 13.2. The van der Waals surface area contributed by atoms with Crippen LogP contribution in [0.15, 0.2) is 46.3 Å². The molecule has 0 amide bonds. The molecule has 4 heteroatoms. The zero-order valence-electron chi connectivity index (χ0n) is 10.7. The highest BCUT2D eigenvalue weighted by atomic mass is 79.9. The molecule has 3 rings (SSSR count). The van der Waals surface area contributed by atoms with Crippen molar-refractivity contribution in [2.75, 3.05) is 0 Å². The van der Waals surface area contributed by atoms with Crippen molar-refractivity contribution >= 4 is 54.0 Å². The van der Waals surface area contributed by atoms with Crippen molar-refractivity contribution in [3.8, 4) is 0 Å². The van der Waals surface area contributed by atoms with Gasteiger partial charge in [-0.25, -0.2) is 4.39 Å². The van der Waals surface area contributed by atoms with Gasteiger partial charge in [-0.3, -0.25) is 0 Å². The fourth-order valence-corrected chi connectivity index (χ4v) is 4.65. The molecule has 102 valence electrons. The van der Waals surface area contributed by atoms with Gasteiger partial charge in [-0.1, -0.05) is 46.3 Å². The number of hydrogen-bond acceptors (Lipinski definition) is 1. The summed E-state index contributed by atoms with van der Waals surface area (Å²) < 4.78 is 15.0. The van der Waals surface area contributed by atoms with Crippen molar-refractivity contribution in [2.45, 2.75) is 11.8 Å². The van der Waals surface area contributed by atoms with Crippen LogP contribution >= 0.6 is 43.2 Å². The molecule has 1 atom stereocenters. The lowest BCUT2D eigenvalue weighted by atomic mass is 10.0. The van der Waals surface area contributed by atoms with E-state index < -0.39 is 0 Å². The van der Waals surface area contributed by atoms with E-state index in [1.54, 1.807) is 17.4 Å². The molecule has 0 N–H and O–H groups in total. The van der Waals surface area contributed by atoms with Gasteiger partial charge in [-0.2, -0.15) is 0 Å². The second-order valence-electron chi connectivity index (χ2n) is 4.65. The highest BCUT2D eigenvalue weighted by Gasteiger charge is 2.17. The van der Waals surface area contributed by atoms with E-state index in [-0.39, 0.29) is 10.6 Å². The molecule has 2 aromatic carbocycles. The van der Waals surface area contributed by atoms with Crippen LogP contribution in [0.25, 0.3) is 10.8 Å². The monoisotopic (exact) mass is 412 g/mol. The Hall–Kier alpha value is -0.710. The van der Waals surface area contributed by atoms with Gasteiger partial charge < -0.3 is 0 Å². The Labute approximate surface area is 137 Å². The third kappa shape index (κ3) is 2.45. The zero-order valence-corrected chi connectivity index (χ0v) is 14.6. The normalized spacial score (nSPS) is 12.8. The summed E-state index contributed by atoms with van der Waals surface area (Å²) in [5, 5.41) is 1.62. The molecule has 0 saturated heterocycles. The maximum Gasteiger partial charge on any atom is 0.131 e. The SMILES string of the molecule is Cc1cc(C(Br)c2ccc(F)c3ccccc23)sc1Br. The summed E-state index contributed by atoms with van der Waals surface area (Å²) in [4.78, 5) is 1.29. The fraction of sp³-hybridized carbons (Fsp3) is 0.125. The van der Waals surface area contributed by atoms with E-state index in [0.29, 0.717) is 5.39 Å². The molecule has 3 aromatic rings. The zero-order chi connectivity index (χ0) is 14.3. The van der Waals surface area contributed by atoms with Crippen LogP contribution in [0.5, 0.6) is 0 Å². The number of fused-ring (bicyclic) bond motifs is 1. The van der Waals surface area contributed by atoms with Crippen molar-refractivity contribution in [2.24, 2.45) is 0 Å². The van der Waals surface area contributed by atoms with Crippen molar-refractivity contribution in [3.05, 3.63) is 68.1 Å². The summed E-state index contributed by atoms with van der Waals surface area (Å²) in [6.07, 6.45) is 0. The minimum atomic E-state index is -0.174. The predicted molar refractivity (Wildman–Crippen MR) is 91.4 cm³/mol. The summed E-state index contributed by atoms with van der Waals surface area (Å²) in [5.41, 5.74) is 2.32. The minimum Gasteiger partial charge on any atom is -0.206 e. The molecular weight excluding hydrogens is 403 g/mol. The molecule has 0 bridgehead atoms. The first-order valence-electron chi connectivity index (χ1n) is 6.15. The third-order valence-electron chi connectivity index (χ3n) is 3.30. The van der Waals surface area contributed by atoms with Crippen molar-refractivity contribution in [1.82, 2.24) is 0 Å². The van der Waals surface area contributed by atoms with Crippen molar-refractivity contribution < 1.29 is 4.39 Å². The highest BCUT2D eigenvalue weighted by Crippen LogP contribution is 2.41. The summed E-state index contributed by atoms with van der Waals surface area (Å²) in [7, 11) is 0. The minimum absolute atomic E-state index is 0.0722. The number of benzene rings is 2. The largest absolute Gasteiger partial charge is 0.206 e. The third-order valence-corrected chi connectivity index (χ3v) is 6.79. The van der Waals surface area contributed by atoms with Crippen LogP contribution in [0.2, 0.25) is 0 Å². The highest BCUT2D eigenvalue weighted by molar-refractivity contribution is 9.11. The number of aryl methyl sites for hydroxylation is 1. The van der Waals surface area contributed by atoms with E-state index >= 15 is 0 Å². The molecule has 0 spiro atoms. The molecule has 1 unspecified atom stereocenters. The fourth-order valence-electron chi connectivity index (χ4n) is 2.27. The lowest BCUT2D eigenvalue weighted by molar-refractivity contribution is 0.639. The van der Waals surface area contributed by atoms with E-state index in [1.807, 2.05) is 30.3 Å². The van der Waals surface area contributed by atoms with E-state index in [2.05, 4.69) is 44.8 Å². The topological polar surface area (TPSA) is 0 Å². The van der Waals surface area contributed by atoms with Crippen molar-refractivity contribution in [3.63, 3.8) is 0 Å². The second kappa shape index (κ2) is 5.58. The Kier molecular flexibility index (Phi) is 3.98. The smallest absolute Gasteiger partial charge is 0.131 e. The molecule has 1 aromatic heterocycles. The van der Waals surface area contributed by atoms with Crippen LogP contribution < -0.4 is 0 Å². The molecule has 20 heavy (non-hydrogen) atoms. The lowest BCUT2D eigenvalue weighted by Crippen LogP contribution is -1.93. The van der Waals surface area contributed by atoms with E-state index in [4.69, 9.17) is 0 Å². The quantitative estimate of drug-likeness (QED) is 0.415. The van der Waals surface area contributed by atoms with Crippen LogP contribution in [-0.2, 0) is 0 Å². The molecule has 0 nitrogen and oxygen atoms in total. The van der Waals surface area contributed by atoms with E-state index in [0.717, 1.165) is 14.7 Å². The standard InChI is InChI=1S/C16H11Br2FS/c1-9-8-14(20-16(9)18)15(17)12-6-7-13(19)11-5-3-2-4-10(11)12/h2-8,15H,1H3. The summed E-state index contributed by atoms with van der Waals surface area (Å²) in [6.45, 7) is 2.08. The number of hydrogen-bond donors (Lipinski definition) is 0. The number of alkyl halides is 1. The molecule has 0 aliphatic rings. The van der Waals surface area contributed by atoms with Gasteiger partial charge in [0.1, 0.15) is 5.82 Å². The van der Waals surface area contributed by atoms with Crippen LogP contribution in [0.1, 0.15) is 20.8 Å². The van der Waals surface area contributed by atoms with Gasteiger partial charge in [0.15, 0.2) is 0 Å². The Morgan fingerprint density at radius 1 is 1.10 bits per heavy atom. The first-order valence-corrected chi connectivity index (χ1v) is 8.67. The molecular formula is C16H11Br2FS. The van der Waals surface area contributed by atoms with Crippen LogP contribution in [0.4, 0.5) is 4.39 Å². The van der Waals surface area contributed by atoms with Crippen LogP contribution in [0.3, 0.4) is 0 Å². The lowest BCUT2D eigenvalue weighted by Gasteiger charge is -2.12. The maximum absolute atomic E-state index is 13.9. The Morgan fingerprint density at radius 3 is 2.45 bits per heavy atom. The Morgan fingerprint density at radius 2 is 1.80 bits per heavy atom. The Balaban J connectivity index is 2.17. The van der Waals surface area contributed by atoms with E-state index in [1.165, 1.54) is 10.4 Å². The summed E-state index contributed by atoms with van der Waals surface area (Å²) in [5.74, 6) is -0.174. The molecule has 0 fully saturated rings. The molecule has 0 saturated carbocycles. The number of thiophene rings is 1. The predicted octanol–water partition coefficient (Wildman–Crippen LogP) is 6.60. The Bertz CT molecular complexity index is 760. The van der Waals surface area contributed by atoms with Gasteiger partial charge in [0.2, 0.25) is 0 Å². The van der Waals surface area contributed by atoms with Crippen LogP contribution in [-0.4, -0.2) is 0 Å². The van der Waals surface area contributed by atoms with Gasteiger partial charge in [-0.15, -0.1) is 11.3 Å². The average Bonchev–Trinajstić information content (AvgIpc) is 2.79. The number of halogens is 3. The molecule has 0 radical (unpaired) electrons. The van der Waals surface area contributed by atoms with Gasteiger partial charge in [0.05, 0.1) is 8.61 Å². The van der Waals surface area contributed by atoms with Gasteiger partial charge in [0, 0.05) is 10.3 Å². The first kappa shape index (κ1) is 14.2. The van der Waals surface area contributed by atoms with Crippen LogP contribution in [0, 0.1) is 12.7 Å². The first-order chi connectivity index (χ1) is 9.58. The molecule has 1 heterocycles. The molecule has 0 aliphatic heterocycles. The number of rotatable bonds is 2. The second-order valence-corrected chi connectivity index (χ2v) is 7.97. The maximum atomic E-state index is 13.9. The van der Waals surface area contributed by atoms with Crippen molar-refractivity contribution in [1.29, 1.82) is 0 Å². The summed E-state index contributed by atoms with van der Waals surface area (Å²) >= 11 is 9.02. The van der Waals surface area contributed by atoms with Gasteiger partial charge in [0.25, 0.3) is 0 Å². The van der Waals surface area contributed by atoms with Gasteiger partial charge >= 0.3 is 0 Å².